The standard InChI is InChI=1S/C18H30N2O2.ClH/c1-4-13-22-16-10-7-15(8-11-16)9-12-17(21)20-18(5-2,6-3)14-19;/h7-8,10-11H,4-6,9,12-14,19H2,1-3H3,(H,20,21);1H. The van der Waals surface area contributed by atoms with Crippen molar-refractivity contribution in [1.29, 1.82) is 0 Å². The minimum absolute atomic E-state index is 0. The van der Waals surface area contributed by atoms with Gasteiger partial charge in [-0.25, -0.2) is 0 Å². The van der Waals surface area contributed by atoms with E-state index in [2.05, 4.69) is 26.1 Å². The van der Waals surface area contributed by atoms with Crippen molar-refractivity contribution < 1.29 is 9.53 Å². The van der Waals surface area contributed by atoms with E-state index in [4.69, 9.17) is 10.5 Å². The van der Waals surface area contributed by atoms with Gasteiger partial charge in [-0.05, 0) is 43.4 Å². The Balaban J connectivity index is 0.00000484. The number of ether oxygens (including phenoxy) is 1. The summed E-state index contributed by atoms with van der Waals surface area (Å²) in [5, 5.41) is 3.10. The maximum Gasteiger partial charge on any atom is 0.220 e. The summed E-state index contributed by atoms with van der Waals surface area (Å²) in [6.07, 6.45) is 3.93. The molecule has 0 saturated carbocycles. The van der Waals surface area contributed by atoms with E-state index >= 15 is 0 Å². The highest BCUT2D eigenvalue weighted by Gasteiger charge is 2.25. The van der Waals surface area contributed by atoms with Crippen molar-refractivity contribution in [3.63, 3.8) is 0 Å². The molecule has 0 atom stereocenters. The molecular weight excluding hydrogens is 312 g/mol. The number of benzene rings is 1. The molecule has 0 aromatic heterocycles. The minimum Gasteiger partial charge on any atom is -0.494 e. The van der Waals surface area contributed by atoms with E-state index in [0.717, 1.165) is 43.6 Å². The largest absolute Gasteiger partial charge is 0.494 e. The fourth-order valence-electron chi connectivity index (χ4n) is 2.35. The molecule has 1 aromatic rings. The zero-order valence-corrected chi connectivity index (χ0v) is 15.4. The molecule has 132 valence electrons. The number of nitrogens with one attached hydrogen (secondary N) is 1. The molecule has 0 spiro atoms. The smallest absolute Gasteiger partial charge is 0.220 e. The first-order valence-electron chi connectivity index (χ1n) is 8.32. The molecule has 0 saturated heterocycles. The van der Waals surface area contributed by atoms with Gasteiger partial charge in [-0.1, -0.05) is 32.9 Å². The highest BCUT2D eigenvalue weighted by Crippen LogP contribution is 2.15. The van der Waals surface area contributed by atoms with Crippen LogP contribution < -0.4 is 15.8 Å². The zero-order valence-electron chi connectivity index (χ0n) is 14.6. The van der Waals surface area contributed by atoms with Gasteiger partial charge in [-0.3, -0.25) is 4.79 Å². The summed E-state index contributed by atoms with van der Waals surface area (Å²) in [4.78, 5) is 12.1. The van der Waals surface area contributed by atoms with Crippen molar-refractivity contribution >= 4 is 18.3 Å². The van der Waals surface area contributed by atoms with Crippen LogP contribution in [0.1, 0.15) is 52.0 Å². The molecule has 5 heteroatoms. The Morgan fingerprint density at radius 3 is 2.26 bits per heavy atom. The van der Waals surface area contributed by atoms with Crippen molar-refractivity contribution in [1.82, 2.24) is 5.32 Å². The maximum atomic E-state index is 12.1. The molecule has 1 amide bonds. The first-order valence-corrected chi connectivity index (χ1v) is 8.32. The third kappa shape index (κ3) is 7.23. The molecule has 0 unspecified atom stereocenters. The second-order valence-electron chi connectivity index (χ2n) is 5.73. The summed E-state index contributed by atoms with van der Waals surface area (Å²) in [5.74, 6) is 0.953. The number of carbonyl (C=O) groups is 1. The van der Waals surface area contributed by atoms with Crippen LogP contribution in [0.2, 0.25) is 0 Å². The normalized spacial score (nSPS) is 10.8. The van der Waals surface area contributed by atoms with Crippen LogP contribution in [0, 0.1) is 0 Å². The summed E-state index contributed by atoms with van der Waals surface area (Å²) in [6.45, 7) is 7.42. The average Bonchev–Trinajstić information content (AvgIpc) is 2.57. The van der Waals surface area contributed by atoms with Crippen molar-refractivity contribution in [2.24, 2.45) is 5.73 Å². The van der Waals surface area contributed by atoms with E-state index in [1.54, 1.807) is 0 Å². The fourth-order valence-corrected chi connectivity index (χ4v) is 2.35. The van der Waals surface area contributed by atoms with Gasteiger partial charge in [0, 0.05) is 13.0 Å². The van der Waals surface area contributed by atoms with E-state index in [0.29, 0.717) is 13.0 Å². The van der Waals surface area contributed by atoms with Crippen LogP contribution in [0.15, 0.2) is 24.3 Å². The van der Waals surface area contributed by atoms with E-state index in [1.165, 1.54) is 0 Å². The summed E-state index contributed by atoms with van der Waals surface area (Å²) in [7, 11) is 0. The quantitative estimate of drug-likeness (QED) is 0.684. The van der Waals surface area contributed by atoms with E-state index < -0.39 is 0 Å². The predicted molar refractivity (Wildman–Crippen MR) is 98.3 cm³/mol. The molecular formula is C18H31ClN2O2. The summed E-state index contributed by atoms with van der Waals surface area (Å²) < 4.78 is 5.55. The van der Waals surface area contributed by atoms with Crippen LogP contribution in [-0.2, 0) is 11.2 Å². The van der Waals surface area contributed by atoms with Crippen LogP contribution >= 0.6 is 12.4 Å². The number of halogens is 1. The van der Waals surface area contributed by atoms with Crippen molar-refractivity contribution in [2.45, 2.75) is 58.4 Å². The fraction of sp³-hybridized carbons (Fsp3) is 0.611. The van der Waals surface area contributed by atoms with Gasteiger partial charge in [0.15, 0.2) is 0 Å². The Morgan fingerprint density at radius 2 is 1.78 bits per heavy atom. The number of amides is 1. The molecule has 0 heterocycles. The van der Waals surface area contributed by atoms with Crippen LogP contribution in [0.5, 0.6) is 5.75 Å². The minimum atomic E-state index is -0.255. The molecule has 0 aliphatic rings. The predicted octanol–water partition coefficient (Wildman–Crippen LogP) is 3.46. The molecule has 0 radical (unpaired) electrons. The molecule has 1 aromatic carbocycles. The van der Waals surface area contributed by atoms with Gasteiger partial charge in [0.25, 0.3) is 0 Å². The summed E-state index contributed by atoms with van der Waals surface area (Å²) >= 11 is 0. The van der Waals surface area contributed by atoms with Gasteiger partial charge in [0.2, 0.25) is 5.91 Å². The first kappa shape index (κ1) is 21.7. The number of hydrogen-bond acceptors (Lipinski definition) is 3. The lowest BCUT2D eigenvalue weighted by atomic mass is 9.92. The van der Waals surface area contributed by atoms with E-state index in [-0.39, 0.29) is 23.9 Å². The third-order valence-electron chi connectivity index (χ3n) is 4.19. The van der Waals surface area contributed by atoms with E-state index in [1.807, 2.05) is 24.3 Å². The highest BCUT2D eigenvalue weighted by atomic mass is 35.5. The lowest BCUT2D eigenvalue weighted by Crippen LogP contribution is -2.52. The lowest BCUT2D eigenvalue weighted by molar-refractivity contribution is -0.123. The molecule has 1 rings (SSSR count). The van der Waals surface area contributed by atoms with Gasteiger partial charge in [0.1, 0.15) is 5.75 Å². The second kappa shape index (κ2) is 11.3. The van der Waals surface area contributed by atoms with Gasteiger partial charge < -0.3 is 15.8 Å². The molecule has 0 fully saturated rings. The maximum absolute atomic E-state index is 12.1. The Morgan fingerprint density at radius 1 is 1.17 bits per heavy atom. The summed E-state index contributed by atoms with van der Waals surface area (Å²) in [6, 6.07) is 7.97. The van der Waals surface area contributed by atoms with E-state index in [9.17, 15) is 4.79 Å². The molecule has 0 aliphatic heterocycles. The third-order valence-corrected chi connectivity index (χ3v) is 4.19. The van der Waals surface area contributed by atoms with Gasteiger partial charge in [-0.2, -0.15) is 0 Å². The molecule has 0 aliphatic carbocycles. The molecule has 0 bridgehead atoms. The van der Waals surface area contributed by atoms with Crippen LogP contribution in [-0.4, -0.2) is 24.6 Å². The Kier molecular flexibility index (Phi) is 10.7. The molecule has 3 N–H and O–H groups in total. The van der Waals surface area contributed by atoms with Gasteiger partial charge >= 0.3 is 0 Å². The number of hydrogen-bond donors (Lipinski definition) is 2. The van der Waals surface area contributed by atoms with Crippen molar-refractivity contribution in [3.05, 3.63) is 29.8 Å². The van der Waals surface area contributed by atoms with Crippen molar-refractivity contribution in [2.75, 3.05) is 13.2 Å². The topological polar surface area (TPSA) is 64.3 Å². The molecule has 4 nitrogen and oxygen atoms in total. The van der Waals surface area contributed by atoms with Gasteiger partial charge in [-0.15, -0.1) is 12.4 Å². The van der Waals surface area contributed by atoms with Crippen LogP contribution in [0.25, 0.3) is 0 Å². The van der Waals surface area contributed by atoms with Crippen LogP contribution in [0.4, 0.5) is 0 Å². The number of carbonyl (C=O) groups excluding carboxylic acids is 1. The highest BCUT2D eigenvalue weighted by molar-refractivity contribution is 5.85. The second-order valence-corrected chi connectivity index (χ2v) is 5.73. The number of aryl methyl sites for hydroxylation is 1. The molecule has 23 heavy (non-hydrogen) atoms. The average molecular weight is 343 g/mol. The summed E-state index contributed by atoms with van der Waals surface area (Å²) in [5.41, 5.74) is 6.70. The van der Waals surface area contributed by atoms with Crippen LogP contribution in [0.3, 0.4) is 0 Å². The SMILES string of the molecule is CCCOc1ccc(CCC(=O)NC(CC)(CC)CN)cc1.Cl. The number of rotatable bonds is 10. The Hall–Kier alpha value is -1.26. The Bertz CT molecular complexity index is 437. The lowest BCUT2D eigenvalue weighted by Gasteiger charge is -2.31. The van der Waals surface area contributed by atoms with Crippen molar-refractivity contribution in [3.8, 4) is 5.75 Å². The Labute approximate surface area is 146 Å². The first-order chi connectivity index (χ1) is 10.6. The monoisotopic (exact) mass is 342 g/mol. The van der Waals surface area contributed by atoms with Gasteiger partial charge in [0.05, 0.1) is 12.1 Å². The zero-order chi connectivity index (χ0) is 16.4. The number of nitrogens with two attached hydrogens (primary N) is 1.